The zero-order valence-electron chi connectivity index (χ0n) is 9.29. The van der Waals surface area contributed by atoms with Gasteiger partial charge in [0.2, 0.25) is 0 Å². The number of nitrogens with zero attached hydrogens (tertiary/aromatic N) is 2. The highest BCUT2D eigenvalue weighted by Gasteiger charge is 2.11. The number of nitro groups is 1. The Balaban J connectivity index is 2.67. The van der Waals surface area contributed by atoms with Gasteiger partial charge in [-0.15, -0.1) is 0 Å². The maximum atomic E-state index is 10.7. The molecule has 1 aromatic carbocycles. The number of oxime groups is 1. The van der Waals surface area contributed by atoms with Crippen molar-refractivity contribution >= 4 is 11.5 Å². The first kappa shape index (κ1) is 12.8. The molecule has 0 bridgehead atoms. The molecule has 0 saturated carbocycles. The fraction of sp³-hybridized carbons (Fsp3) is 0.300. The van der Waals surface area contributed by atoms with Gasteiger partial charge in [-0.3, -0.25) is 10.1 Å². The Morgan fingerprint density at radius 2 is 2.35 bits per heavy atom. The molecule has 0 heterocycles. The largest absolute Gasteiger partial charge is 0.493 e. The summed E-state index contributed by atoms with van der Waals surface area (Å²) in [4.78, 5) is 10.2. The molecule has 0 aliphatic heterocycles. The summed E-state index contributed by atoms with van der Waals surface area (Å²) in [5.74, 6) is 0.430. The molecule has 0 aromatic heterocycles. The predicted molar refractivity (Wildman–Crippen MR) is 61.4 cm³/mol. The molecule has 0 aliphatic rings. The fourth-order valence-electron chi connectivity index (χ4n) is 1.20. The van der Waals surface area contributed by atoms with Crippen LogP contribution in [0.5, 0.6) is 5.75 Å². The minimum atomic E-state index is -0.467. The molecule has 17 heavy (non-hydrogen) atoms. The Hall–Kier alpha value is -2.31. The van der Waals surface area contributed by atoms with Crippen LogP contribution in [-0.2, 0) is 0 Å². The maximum Gasteiger partial charge on any atom is 0.275 e. The highest BCUT2D eigenvalue weighted by atomic mass is 16.6. The first-order valence-corrected chi connectivity index (χ1v) is 4.89. The number of nitro benzene ring substituents is 1. The van der Waals surface area contributed by atoms with Gasteiger partial charge in [0.15, 0.2) is 0 Å². The SMILES string of the molecule is Cc1ccc(OCC/C(N)=N/O)cc1[N+](=O)[O-]. The zero-order valence-corrected chi connectivity index (χ0v) is 9.29. The molecule has 0 saturated heterocycles. The van der Waals surface area contributed by atoms with Crippen LogP contribution in [0.4, 0.5) is 5.69 Å². The van der Waals surface area contributed by atoms with E-state index in [2.05, 4.69) is 5.16 Å². The van der Waals surface area contributed by atoms with Crippen LogP contribution in [0, 0.1) is 17.0 Å². The van der Waals surface area contributed by atoms with Crippen LogP contribution >= 0.6 is 0 Å². The van der Waals surface area contributed by atoms with Crippen LogP contribution in [0.25, 0.3) is 0 Å². The molecule has 92 valence electrons. The predicted octanol–water partition coefficient (Wildman–Crippen LogP) is 1.42. The highest BCUT2D eigenvalue weighted by Crippen LogP contribution is 2.23. The number of aryl methyl sites for hydroxylation is 1. The van der Waals surface area contributed by atoms with Crippen molar-refractivity contribution in [3.63, 3.8) is 0 Å². The molecule has 0 fully saturated rings. The quantitative estimate of drug-likeness (QED) is 0.265. The van der Waals surface area contributed by atoms with Crippen LogP contribution in [0.1, 0.15) is 12.0 Å². The molecule has 0 aliphatic carbocycles. The molecular weight excluding hydrogens is 226 g/mol. The van der Waals surface area contributed by atoms with E-state index in [0.29, 0.717) is 11.3 Å². The maximum absolute atomic E-state index is 10.7. The van der Waals surface area contributed by atoms with Crippen molar-refractivity contribution in [1.82, 2.24) is 0 Å². The lowest BCUT2D eigenvalue weighted by atomic mass is 10.2. The first-order chi connectivity index (χ1) is 8.04. The van der Waals surface area contributed by atoms with Crippen molar-refractivity contribution in [2.75, 3.05) is 6.61 Å². The van der Waals surface area contributed by atoms with Gasteiger partial charge in [0.25, 0.3) is 5.69 Å². The second kappa shape index (κ2) is 5.69. The molecule has 1 aromatic rings. The minimum absolute atomic E-state index is 0.00583. The molecule has 0 spiro atoms. The van der Waals surface area contributed by atoms with Crippen LogP contribution in [-0.4, -0.2) is 22.6 Å². The van der Waals surface area contributed by atoms with Gasteiger partial charge >= 0.3 is 0 Å². The number of benzene rings is 1. The van der Waals surface area contributed by atoms with Gasteiger partial charge in [0.05, 0.1) is 17.6 Å². The van der Waals surface area contributed by atoms with Crippen LogP contribution in [0.15, 0.2) is 23.4 Å². The minimum Gasteiger partial charge on any atom is -0.493 e. The standard InChI is InChI=1S/C10H13N3O4/c1-7-2-3-8(6-9(7)13(15)16)17-5-4-10(11)12-14/h2-3,6,14H,4-5H2,1H3,(H2,11,12). The van der Waals surface area contributed by atoms with Crippen LogP contribution < -0.4 is 10.5 Å². The summed E-state index contributed by atoms with van der Waals surface area (Å²) in [6.45, 7) is 1.84. The smallest absolute Gasteiger partial charge is 0.275 e. The topological polar surface area (TPSA) is 111 Å². The molecule has 7 nitrogen and oxygen atoms in total. The third-order valence-corrected chi connectivity index (χ3v) is 2.13. The number of ether oxygens (including phenoxy) is 1. The molecule has 0 amide bonds. The average molecular weight is 239 g/mol. The van der Waals surface area contributed by atoms with Crippen molar-refractivity contribution in [3.05, 3.63) is 33.9 Å². The van der Waals surface area contributed by atoms with Crippen LogP contribution in [0.3, 0.4) is 0 Å². The van der Waals surface area contributed by atoms with Gasteiger partial charge in [-0.05, 0) is 19.1 Å². The second-order valence-electron chi connectivity index (χ2n) is 3.40. The fourth-order valence-corrected chi connectivity index (χ4v) is 1.20. The van der Waals surface area contributed by atoms with E-state index >= 15 is 0 Å². The Bertz CT molecular complexity index is 445. The van der Waals surface area contributed by atoms with Gasteiger partial charge in [-0.1, -0.05) is 5.16 Å². The van der Waals surface area contributed by atoms with E-state index < -0.39 is 4.92 Å². The zero-order chi connectivity index (χ0) is 12.8. The lowest BCUT2D eigenvalue weighted by Gasteiger charge is -2.06. The summed E-state index contributed by atoms with van der Waals surface area (Å²) < 4.78 is 5.25. The average Bonchev–Trinajstić information content (AvgIpc) is 2.30. The third kappa shape index (κ3) is 3.63. The molecule has 0 atom stereocenters. The van der Waals surface area contributed by atoms with E-state index in [0.717, 1.165) is 0 Å². The molecule has 1 rings (SSSR count). The monoisotopic (exact) mass is 239 g/mol. The van der Waals surface area contributed by atoms with Crippen molar-refractivity contribution in [3.8, 4) is 5.75 Å². The molecule has 3 N–H and O–H groups in total. The van der Waals surface area contributed by atoms with E-state index in [1.807, 2.05) is 0 Å². The first-order valence-electron chi connectivity index (χ1n) is 4.89. The number of rotatable bonds is 5. The van der Waals surface area contributed by atoms with E-state index in [-0.39, 0.29) is 24.6 Å². The number of hydrogen-bond donors (Lipinski definition) is 2. The lowest BCUT2D eigenvalue weighted by Crippen LogP contribution is -2.15. The summed E-state index contributed by atoms with van der Waals surface area (Å²) in [5, 5.41) is 21.8. The molecular formula is C10H13N3O4. The molecule has 0 radical (unpaired) electrons. The normalized spacial score (nSPS) is 11.2. The number of nitrogens with two attached hydrogens (primary N) is 1. The van der Waals surface area contributed by atoms with Gasteiger partial charge in [0, 0.05) is 12.0 Å². The Morgan fingerprint density at radius 1 is 1.65 bits per heavy atom. The van der Waals surface area contributed by atoms with E-state index in [1.54, 1.807) is 19.1 Å². The van der Waals surface area contributed by atoms with Crippen molar-refractivity contribution in [2.45, 2.75) is 13.3 Å². The van der Waals surface area contributed by atoms with Gasteiger partial charge in [-0.2, -0.15) is 0 Å². The summed E-state index contributed by atoms with van der Waals surface area (Å²) in [6.07, 6.45) is 0.248. The van der Waals surface area contributed by atoms with Crippen molar-refractivity contribution in [1.29, 1.82) is 0 Å². The Morgan fingerprint density at radius 3 is 2.94 bits per heavy atom. The second-order valence-corrected chi connectivity index (χ2v) is 3.40. The summed E-state index contributed by atoms with van der Waals surface area (Å²) >= 11 is 0. The van der Waals surface area contributed by atoms with Gasteiger partial charge < -0.3 is 15.7 Å². The Labute approximate surface area is 97.6 Å². The Kier molecular flexibility index (Phi) is 4.27. The van der Waals surface area contributed by atoms with Gasteiger partial charge in [0.1, 0.15) is 11.6 Å². The van der Waals surface area contributed by atoms with Gasteiger partial charge in [-0.25, -0.2) is 0 Å². The van der Waals surface area contributed by atoms with Crippen molar-refractivity contribution < 1.29 is 14.9 Å². The summed E-state index contributed by atoms with van der Waals surface area (Å²) in [7, 11) is 0. The number of amidine groups is 1. The van der Waals surface area contributed by atoms with E-state index in [9.17, 15) is 10.1 Å². The van der Waals surface area contributed by atoms with Crippen LogP contribution in [0.2, 0.25) is 0 Å². The number of hydrogen-bond acceptors (Lipinski definition) is 5. The van der Waals surface area contributed by atoms with E-state index in [4.69, 9.17) is 15.7 Å². The lowest BCUT2D eigenvalue weighted by molar-refractivity contribution is -0.385. The molecule has 0 unspecified atom stereocenters. The van der Waals surface area contributed by atoms with E-state index in [1.165, 1.54) is 6.07 Å². The highest BCUT2D eigenvalue weighted by molar-refractivity contribution is 5.79. The third-order valence-electron chi connectivity index (χ3n) is 2.13. The summed E-state index contributed by atoms with van der Waals surface area (Å²) in [6, 6.07) is 4.59. The van der Waals surface area contributed by atoms with Crippen molar-refractivity contribution in [2.24, 2.45) is 10.9 Å². The summed E-state index contributed by atoms with van der Waals surface area (Å²) in [5.41, 5.74) is 5.83. The molecule has 7 heteroatoms.